The average molecular weight is 310 g/mol. The highest BCUT2D eigenvalue weighted by Gasteiger charge is 2.26. The molecule has 7 nitrogen and oxygen atoms in total. The van der Waals surface area contributed by atoms with Gasteiger partial charge >= 0.3 is 0 Å². The Bertz CT molecular complexity index is 735. The van der Waals surface area contributed by atoms with E-state index in [1.54, 1.807) is 29.8 Å². The summed E-state index contributed by atoms with van der Waals surface area (Å²) in [5, 5.41) is 2.96. The van der Waals surface area contributed by atoms with Crippen LogP contribution in [0.4, 0.5) is 5.82 Å². The van der Waals surface area contributed by atoms with Gasteiger partial charge in [-0.3, -0.25) is 4.40 Å². The van der Waals surface area contributed by atoms with Gasteiger partial charge in [-0.1, -0.05) is 6.07 Å². The van der Waals surface area contributed by atoms with Crippen LogP contribution in [-0.2, 0) is 14.8 Å². The van der Waals surface area contributed by atoms with Gasteiger partial charge in [-0.15, -0.1) is 0 Å². The van der Waals surface area contributed by atoms with Crippen LogP contribution in [0, 0.1) is 0 Å². The van der Waals surface area contributed by atoms with Crippen LogP contribution < -0.4 is 10.0 Å². The van der Waals surface area contributed by atoms with Crippen LogP contribution >= 0.6 is 0 Å². The first-order valence-corrected chi connectivity index (χ1v) is 8.36. The van der Waals surface area contributed by atoms with Gasteiger partial charge in [0.05, 0.1) is 6.10 Å². The van der Waals surface area contributed by atoms with Gasteiger partial charge in [-0.25, -0.2) is 18.1 Å². The number of ether oxygens (including phenoxy) is 1. The molecule has 114 valence electrons. The van der Waals surface area contributed by atoms with E-state index in [9.17, 15) is 8.42 Å². The Labute approximate surface area is 123 Å². The summed E-state index contributed by atoms with van der Waals surface area (Å²) in [6.07, 6.45) is 3.50. The van der Waals surface area contributed by atoms with Gasteiger partial charge in [0.1, 0.15) is 5.65 Å². The molecule has 3 heterocycles. The lowest BCUT2D eigenvalue weighted by molar-refractivity contribution is 0.114. The molecule has 1 fully saturated rings. The number of anilines is 1. The molecule has 3 rings (SSSR count). The number of nitrogens with zero attached hydrogens (tertiary/aromatic N) is 2. The SMILES string of the molecule is CNc1nc2ccccn2c1S(=O)(=O)NCC1CCCO1. The highest BCUT2D eigenvalue weighted by Crippen LogP contribution is 2.22. The maximum absolute atomic E-state index is 12.6. The maximum atomic E-state index is 12.6. The summed E-state index contributed by atoms with van der Waals surface area (Å²) < 4.78 is 34.8. The molecule has 1 saturated heterocycles. The molecule has 0 amide bonds. The zero-order valence-corrected chi connectivity index (χ0v) is 12.6. The van der Waals surface area contributed by atoms with Crippen molar-refractivity contribution in [3.8, 4) is 0 Å². The average Bonchev–Trinajstić information content (AvgIpc) is 3.12. The van der Waals surface area contributed by atoms with Gasteiger partial charge in [0.25, 0.3) is 10.0 Å². The molecule has 0 spiro atoms. The first kappa shape index (κ1) is 14.3. The third kappa shape index (κ3) is 2.74. The van der Waals surface area contributed by atoms with Gasteiger partial charge in [-0.2, -0.15) is 0 Å². The van der Waals surface area contributed by atoms with Crippen LogP contribution in [0.15, 0.2) is 29.4 Å². The highest BCUT2D eigenvalue weighted by atomic mass is 32.2. The van der Waals surface area contributed by atoms with Crippen molar-refractivity contribution in [2.75, 3.05) is 25.5 Å². The molecule has 0 bridgehead atoms. The van der Waals surface area contributed by atoms with Crippen molar-refractivity contribution < 1.29 is 13.2 Å². The molecule has 8 heteroatoms. The summed E-state index contributed by atoms with van der Waals surface area (Å²) in [6, 6.07) is 5.35. The fourth-order valence-corrected chi connectivity index (χ4v) is 3.83. The van der Waals surface area contributed by atoms with Gasteiger partial charge in [0.15, 0.2) is 10.8 Å². The van der Waals surface area contributed by atoms with Crippen LogP contribution in [0.3, 0.4) is 0 Å². The van der Waals surface area contributed by atoms with Crippen LogP contribution in [0.25, 0.3) is 5.65 Å². The zero-order chi connectivity index (χ0) is 14.9. The molecule has 1 atom stereocenters. The molecule has 21 heavy (non-hydrogen) atoms. The molecule has 2 aromatic heterocycles. The second-order valence-electron chi connectivity index (χ2n) is 4.93. The van der Waals surface area contributed by atoms with E-state index in [4.69, 9.17) is 4.74 Å². The smallest absolute Gasteiger partial charge is 0.260 e. The van der Waals surface area contributed by atoms with Crippen LogP contribution in [-0.4, -0.2) is 44.1 Å². The lowest BCUT2D eigenvalue weighted by atomic mass is 10.2. The van der Waals surface area contributed by atoms with Gasteiger partial charge in [-0.05, 0) is 25.0 Å². The van der Waals surface area contributed by atoms with E-state index in [1.807, 2.05) is 6.07 Å². The second-order valence-corrected chi connectivity index (χ2v) is 6.61. The van der Waals surface area contributed by atoms with E-state index in [1.165, 1.54) is 0 Å². The topological polar surface area (TPSA) is 84.7 Å². The number of fused-ring (bicyclic) bond motifs is 1. The summed E-state index contributed by atoms with van der Waals surface area (Å²) >= 11 is 0. The van der Waals surface area contributed by atoms with Gasteiger partial charge < -0.3 is 10.1 Å². The fourth-order valence-electron chi connectivity index (χ4n) is 2.47. The van der Waals surface area contributed by atoms with Crippen molar-refractivity contribution in [3.63, 3.8) is 0 Å². The Morgan fingerprint density at radius 1 is 1.48 bits per heavy atom. The summed E-state index contributed by atoms with van der Waals surface area (Å²) in [5.41, 5.74) is 0.583. The molecular formula is C13H18N4O3S. The predicted molar refractivity (Wildman–Crippen MR) is 78.9 cm³/mol. The lowest BCUT2D eigenvalue weighted by Crippen LogP contribution is -2.32. The van der Waals surface area contributed by atoms with E-state index >= 15 is 0 Å². The predicted octanol–water partition coefficient (Wildman–Crippen LogP) is 0.833. The molecule has 1 aliphatic heterocycles. The van der Waals surface area contributed by atoms with E-state index < -0.39 is 10.0 Å². The minimum absolute atomic E-state index is 0.0444. The van der Waals surface area contributed by atoms with E-state index in [0.717, 1.165) is 12.8 Å². The number of hydrogen-bond donors (Lipinski definition) is 2. The molecular weight excluding hydrogens is 292 g/mol. The summed E-state index contributed by atoms with van der Waals surface area (Å²) in [5.74, 6) is 0.334. The molecule has 0 saturated carbocycles. The first-order chi connectivity index (χ1) is 10.1. The largest absolute Gasteiger partial charge is 0.377 e. The summed E-state index contributed by atoms with van der Waals surface area (Å²) in [4.78, 5) is 4.28. The number of imidazole rings is 1. The van der Waals surface area contributed by atoms with Crippen molar-refractivity contribution in [1.29, 1.82) is 0 Å². The number of rotatable bonds is 5. The molecule has 0 aliphatic carbocycles. The van der Waals surface area contributed by atoms with E-state index in [-0.39, 0.29) is 17.7 Å². The van der Waals surface area contributed by atoms with Crippen LogP contribution in [0.5, 0.6) is 0 Å². The number of nitrogens with one attached hydrogen (secondary N) is 2. The van der Waals surface area contributed by atoms with Gasteiger partial charge in [0.2, 0.25) is 0 Å². The van der Waals surface area contributed by atoms with Crippen LogP contribution in [0.1, 0.15) is 12.8 Å². The molecule has 2 N–H and O–H groups in total. The highest BCUT2D eigenvalue weighted by molar-refractivity contribution is 7.89. The Balaban J connectivity index is 1.93. The summed E-state index contributed by atoms with van der Waals surface area (Å²) in [6.45, 7) is 0.981. The molecule has 1 unspecified atom stereocenters. The molecule has 2 aromatic rings. The van der Waals surface area contributed by atoms with Crippen molar-refractivity contribution in [2.45, 2.75) is 24.0 Å². The maximum Gasteiger partial charge on any atom is 0.260 e. The normalized spacial score (nSPS) is 19.2. The Hall–Kier alpha value is -1.64. The number of aromatic nitrogens is 2. The first-order valence-electron chi connectivity index (χ1n) is 6.88. The number of sulfonamides is 1. The van der Waals surface area contributed by atoms with E-state index in [0.29, 0.717) is 18.1 Å². The second kappa shape index (κ2) is 5.63. The van der Waals surface area contributed by atoms with Crippen molar-refractivity contribution in [2.24, 2.45) is 0 Å². The lowest BCUT2D eigenvalue weighted by Gasteiger charge is -2.12. The van der Waals surface area contributed by atoms with Crippen molar-refractivity contribution in [1.82, 2.24) is 14.1 Å². The fraction of sp³-hybridized carbons (Fsp3) is 0.462. The Morgan fingerprint density at radius 3 is 3.05 bits per heavy atom. The van der Waals surface area contributed by atoms with E-state index in [2.05, 4.69) is 15.0 Å². The Morgan fingerprint density at radius 2 is 2.33 bits per heavy atom. The zero-order valence-electron chi connectivity index (χ0n) is 11.7. The third-order valence-corrected chi connectivity index (χ3v) is 4.95. The minimum Gasteiger partial charge on any atom is -0.377 e. The summed E-state index contributed by atoms with van der Waals surface area (Å²) in [7, 11) is -2.01. The Kier molecular flexibility index (Phi) is 3.83. The molecule has 0 radical (unpaired) electrons. The number of hydrogen-bond acceptors (Lipinski definition) is 5. The monoisotopic (exact) mass is 310 g/mol. The minimum atomic E-state index is -3.67. The number of pyridine rings is 1. The third-order valence-electron chi connectivity index (χ3n) is 3.50. The standard InChI is InChI=1S/C13H18N4O3S/c1-14-12-13(17-7-3-2-6-11(17)16-12)21(18,19)15-9-10-5-4-8-20-10/h2-3,6-7,10,14-15H,4-5,8-9H2,1H3. The van der Waals surface area contributed by atoms with Crippen molar-refractivity contribution >= 4 is 21.5 Å². The quantitative estimate of drug-likeness (QED) is 0.854. The molecule has 1 aliphatic rings. The van der Waals surface area contributed by atoms with Gasteiger partial charge in [0, 0.05) is 26.4 Å². The molecule has 0 aromatic carbocycles. The van der Waals surface area contributed by atoms with Crippen LogP contribution in [0.2, 0.25) is 0 Å². The van der Waals surface area contributed by atoms with Crippen molar-refractivity contribution in [3.05, 3.63) is 24.4 Å².